The molecule has 1 aliphatic heterocycles. The zero-order chi connectivity index (χ0) is 20.9. The van der Waals surface area contributed by atoms with Gasteiger partial charge in [-0.2, -0.15) is 13.2 Å². The summed E-state index contributed by atoms with van der Waals surface area (Å²) in [7, 11) is 0. The van der Waals surface area contributed by atoms with Crippen molar-refractivity contribution in [2.45, 2.75) is 50.7 Å². The van der Waals surface area contributed by atoms with Crippen LogP contribution < -0.4 is 0 Å². The molecule has 1 N–H and O–H groups in total. The molecular weight excluding hydrogens is 385 g/mol. The van der Waals surface area contributed by atoms with E-state index in [2.05, 4.69) is 15.0 Å². The molecular formula is C16H17F3N4O5. The maximum Gasteiger partial charge on any atom is 0.468 e. The molecule has 2 rings (SSSR count). The summed E-state index contributed by atoms with van der Waals surface area (Å²) in [5.41, 5.74) is 8.56. The van der Waals surface area contributed by atoms with Gasteiger partial charge in [-0.3, -0.25) is 4.79 Å². The van der Waals surface area contributed by atoms with E-state index in [9.17, 15) is 23.1 Å². The number of benzene rings is 1. The summed E-state index contributed by atoms with van der Waals surface area (Å²) in [5.74, 6) is -2.55. The number of hydrogen-bond acceptors (Lipinski definition) is 7. The first-order valence-electron chi connectivity index (χ1n) is 8.06. The van der Waals surface area contributed by atoms with E-state index >= 15 is 0 Å². The lowest BCUT2D eigenvalue weighted by Crippen LogP contribution is -2.58. The van der Waals surface area contributed by atoms with E-state index in [0.29, 0.717) is 0 Å². The molecule has 0 aliphatic carbocycles. The van der Waals surface area contributed by atoms with Crippen LogP contribution in [0.15, 0.2) is 40.4 Å². The number of ether oxygens (including phenoxy) is 3. The van der Waals surface area contributed by atoms with Crippen molar-refractivity contribution < 1.29 is 37.3 Å². The third-order valence-electron chi connectivity index (χ3n) is 3.73. The van der Waals surface area contributed by atoms with Gasteiger partial charge in [0.05, 0.1) is 17.8 Å². The Labute approximate surface area is 157 Å². The van der Waals surface area contributed by atoms with Gasteiger partial charge in [0.25, 0.3) is 5.90 Å². The van der Waals surface area contributed by atoms with Crippen molar-refractivity contribution in [3.05, 3.63) is 40.8 Å². The molecule has 0 aromatic heterocycles. The molecule has 0 bridgehead atoms. The largest absolute Gasteiger partial charge is 0.468 e. The van der Waals surface area contributed by atoms with Crippen LogP contribution in [0.25, 0.3) is 10.4 Å². The lowest BCUT2D eigenvalue weighted by atomic mass is 9.97. The SMILES string of the molecule is CC(=O)O[C@@H]1[C@@H](OC(=Nc2ccccc2)C(F)(F)F)O[C@H](C)[C@@H](N=[N+]=[N-])[C@@H]1O. The fourth-order valence-corrected chi connectivity index (χ4v) is 2.52. The summed E-state index contributed by atoms with van der Waals surface area (Å²) < 4.78 is 55.2. The molecule has 1 saturated heterocycles. The van der Waals surface area contributed by atoms with Crippen molar-refractivity contribution in [2.24, 2.45) is 10.1 Å². The Hall–Kier alpha value is -2.82. The maximum absolute atomic E-state index is 13.4. The van der Waals surface area contributed by atoms with Gasteiger partial charge in [-0.1, -0.05) is 23.3 Å². The minimum atomic E-state index is -4.99. The number of para-hydroxylation sites is 1. The number of carbonyl (C=O) groups is 1. The first-order chi connectivity index (χ1) is 13.1. The molecule has 9 nitrogen and oxygen atoms in total. The summed E-state index contributed by atoms with van der Waals surface area (Å²) in [4.78, 5) is 17.3. The number of aliphatic imine (C=N–C) groups is 1. The second-order valence-corrected chi connectivity index (χ2v) is 5.84. The highest BCUT2D eigenvalue weighted by atomic mass is 19.4. The summed E-state index contributed by atoms with van der Waals surface area (Å²) >= 11 is 0. The van der Waals surface area contributed by atoms with Crippen molar-refractivity contribution in [3.8, 4) is 0 Å². The van der Waals surface area contributed by atoms with Crippen molar-refractivity contribution in [1.29, 1.82) is 0 Å². The third-order valence-corrected chi connectivity index (χ3v) is 3.73. The smallest absolute Gasteiger partial charge is 0.453 e. The van der Waals surface area contributed by atoms with Crippen molar-refractivity contribution in [3.63, 3.8) is 0 Å². The lowest BCUT2D eigenvalue weighted by Gasteiger charge is -2.41. The molecule has 12 heteroatoms. The number of alkyl halides is 3. The first-order valence-corrected chi connectivity index (χ1v) is 8.06. The Morgan fingerprint density at radius 3 is 2.46 bits per heavy atom. The van der Waals surface area contributed by atoms with E-state index in [4.69, 9.17) is 19.7 Å². The standard InChI is InChI=1S/C16H17F3N4O5/c1-8-11(22-23-20)12(25)13(27-9(2)24)14(26-8)28-15(16(17,18)19)21-10-6-4-3-5-7-10/h3-8,11-14,25H,1-2H3/t8-,11-,12+,13+,14-/m1/s1. The minimum Gasteiger partial charge on any atom is -0.453 e. The van der Waals surface area contributed by atoms with Crippen molar-refractivity contribution in [2.75, 3.05) is 0 Å². The second-order valence-electron chi connectivity index (χ2n) is 5.84. The number of aliphatic hydroxyl groups excluding tert-OH is 1. The Bertz CT molecular complexity index is 767. The average molecular weight is 402 g/mol. The van der Waals surface area contributed by atoms with E-state index in [1.807, 2.05) is 0 Å². The van der Waals surface area contributed by atoms with Crippen LogP contribution >= 0.6 is 0 Å². The van der Waals surface area contributed by atoms with E-state index in [-0.39, 0.29) is 5.69 Å². The molecule has 1 aliphatic rings. The van der Waals surface area contributed by atoms with Gasteiger partial charge in [0.1, 0.15) is 6.10 Å². The molecule has 1 aromatic rings. The average Bonchev–Trinajstić information content (AvgIpc) is 2.61. The van der Waals surface area contributed by atoms with E-state index in [1.165, 1.54) is 31.2 Å². The molecule has 5 atom stereocenters. The molecule has 1 heterocycles. The number of esters is 1. The van der Waals surface area contributed by atoms with Crippen molar-refractivity contribution >= 4 is 17.6 Å². The molecule has 0 spiro atoms. The summed E-state index contributed by atoms with van der Waals surface area (Å²) in [5, 5.41) is 13.7. The number of aliphatic hydroxyl groups is 1. The Morgan fingerprint density at radius 1 is 1.29 bits per heavy atom. The van der Waals surface area contributed by atoms with Crippen LogP contribution in [0.2, 0.25) is 0 Å². The van der Waals surface area contributed by atoms with Crippen LogP contribution in [0.4, 0.5) is 18.9 Å². The van der Waals surface area contributed by atoms with Gasteiger partial charge in [-0.05, 0) is 24.6 Å². The molecule has 28 heavy (non-hydrogen) atoms. The van der Waals surface area contributed by atoms with Crippen LogP contribution in [-0.2, 0) is 19.0 Å². The summed E-state index contributed by atoms with van der Waals surface area (Å²) in [6.07, 6.45) is -11.2. The zero-order valence-corrected chi connectivity index (χ0v) is 14.8. The van der Waals surface area contributed by atoms with Gasteiger partial charge in [0.2, 0.25) is 6.29 Å². The minimum absolute atomic E-state index is 0.0322. The normalized spacial score (nSPS) is 28.2. The molecule has 0 unspecified atom stereocenters. The number of azide groups is 1. The second kappa shape index (κ2) is 8.91. The van der Waals surface area contributed by atoms with Gasteiger partial charge in [-0.25, -0.2) is 4.99 Å². The van der Waals surface area contributed by atoms with Gasteiger partial charge in [0, 0.05) is 11.8 Å². The van der Waals surface area contributed by atoms with Gasteiger partial charge < -0.3 is 19.3 Å². The number of halogens is 3. The van der Waals surface area contributed by atoms with Crippen LogP contribution in [0.1, 0.15) is 13.8 Å². The maximum atomic E-state index is 13.4. The van der Waals surface area contributed by atoms with Crippen LogP contribution in [0.3, 0.4) is 0 Å². The highest BCUT2D eigenvalue weighted by molar-refractivity contribution is 5.84. The fraction of sp³-hybridized carbons (Fsp3) is 0.500. The molecule has 152 valence electrons. The van der Waals surface area contributed by atoms with E-state index < -0.39 is 48.7 Å². The van der Waals surface area contributed by atoms with Gasteiger partial charge >= 0.3 is 12.1 Å². The summed E-state index contributed by atoms with van der Waals surface area (Å²) in [6, 6.07) is 6.03. The Balaban J connectivity index is 2.36. The lowest BCUT2D eigenvalue weighted by molar-refractivity contribution is -0.257. The van der Waals surface area contributed by atoms with Gasteiger partial charge in [-0.15, -0.1) is 0 Å². The van der Waals surface area contributed by atoms with Crippen LogP contribution in [0, 0.1) is 0 Å². The third kappa shape index (κ3) is 5.35. The fourth-order valence-electron chi connectivity index (χ4n) is 2.52. The molecule has 0 radical (unpaired) electrons. The highest BCUT2D eigenvalue weighted by Gasteiger charge is 2.49. The quantitative estimate of drug-likeness (QED) is 0.207. The zero-order valence-electron chi connectivity index (χ0n) is 14.8. The predicted molar refractivity (Wildman–Crippen MR) is 89.5 cm³/mol. The van der Waals surface area contributed by atoms with Gasteiger partial charge in [0.15, 0.2) is 6.10 Å². The molecule has 1 aromatic carbocycles. The number of nitrogens with zero attached hydrogens (tertiary/aromatic N) is 4. The first kappa shape index (κ1) is 21.5. The van der Waals surface area contributed by atoms with Crippen LogP contribution in [-0.4, -0.2) is 53.8 Å². The van der Waals surface area contributed by atoms with Crippen LogP contribution in [0.5, 0.6) is 0 Å². The number of hydrogen-bond donors (Lipinski definition) is 1. The van der Waals surface area contributed by atoms with Crippen molar-refractivity contribution in [1.82, 2.24) is 0 Å². The monoisotopic (exact) mass is 402 g/mol. The number of rotatable bonds is 4. The summed E-state index contributed by atoms with van der Waals surface area (Å²) in [6.45, 7) is 2.36. The topological polar surface area (TPSA) is 126 Å². The van der Waals surface area contributed by atoms with E-state index in [1.54, 1.807) is 6.07 Å². The molecule has 0 saturated carbocycles. The predicted octanol–water partition coefficient (Wildman–Crippen LogP) is 3.01. The Morgan fingerprint density at radius 2 is 1.93 bits per heavy atom. The highest BCUT2D eigenvalue weighted by Crippen LogP contribution is 2.30. The number of carbonyl (C=O) groups excluding carboxylic acids is 1. The molecule has 1 fully saturated rings. The van der Waals surface area contributed by atoms with E-state index in [0.717, 1.165) is 6.92 Å². The molecule has 0 amide bonds. The Kier molecular flexibility index (Phi) is 6.84.